The first kappa shape index (κ1) is 14.8. The van der Waals surface area contributed by atoms with Crippen LogP contribution in [0.3, 0.4) is 0 Å². The van der Waals surface area contributed by atoms with Crippen LogP contribution in [0.2, 0.25) is 0 Å². The second-order valence-electron chi connectivity index (χ2n) is 4.63. The molecule has 0 bridgehead atoms. The van der Waals surface area contributed by atoms with Gasteiger partial charge in [-0.15, -0.1) is 0 Å². The van der Waals surface area contributed by atoms with Crippen molar-refractivity contribution in [3.05, 3.63) is 59.5 Å². The van der Waals surface area contributed by atoms with Gasteiger partial charge in [0.15, 0.2) is 0 Å². The summed E-state index contributed by atoms with van der Waals surface area (Å²) in [6.45, 7) is 1.82. The number of hydrogen-bond donors (Lipinski definition) is 1. The molecule has 0 radical (unpaired) electrons. The molecule has 5 heteroatoms. The molecule has 0 spiro atoms. The SMILES string of the molecule is COC(=O)C(Cc1ccc(C)o1)NC(=O)c1ccccc1. The van der Waals surface area contributed by atoms with Crippen LogP contribution < -0.4 is 5.32 Å². The lowest BCUT2D eigenvalue weighted by atomic mass is 10.1. The highest BCUT2D eigenvalue weighted by atomic mass is 16.5. The predicted molar refractivity (Wildman–Crippen MR) is 76.9 cm³/mol. The minimum Gasteiger partial charge on any atom is -0.467 e. The quantitative estimate of drug-likeness (QED) is 0.855. The maximum atomic E-state index is 12.1. The third kappa shape index (κ3) is 3.95. The first-order chi connectivity index (χ1) is 10.1. The van der Waals surface area contributed by atoms with Crippen LogP contribution in [-0.2, 0) is 16.0 Å². The number of benzene rings is 1. The Kier molecular flexibility index (Phi) is 4.77. The van der Waals surface area contributed by atoms with Gasteiger partial charge in [0.05, 0.1) is 7.11 Å². The molecular formula is C16H17NO4. The van der Waals surface area contributed by atoms with Gasteiger partial charge in [0.1, 0.15) is 17.6 Å². The van der Waals surface area contributed by atoms with Gasteiger partial charge >= 0.3 is 5.97 Å². The number of amides is 1. The molecule has 0 aliphatic carbocycles. The summed E-state index contributed by atoms with van der Waals surface area (Å²) >= 11 is 0. The Hall–Kier alpha value is -2.56. The average molecular weight is 287 g/mol. The van der Waals surface area contributed by atoms with Crippen molar-refractivity contribution in [2.75, 3.05) is 7.11 Å². The van der Waals surface area contributed by atoms with Crippen LogP contribution in [0.1, 0.15) is 21.9 Å². The van der Waals surface area contributed by atoms with Gasteiger partial charge in [-0.25, -0.2) is 4.79 Å². The third-order valence-corrected chi connectivity index (χ3v) is 3.03. The molecule has 0 aliphatic rings. The van der Waals surface area contributed by atoms with E-state index in [1.807, 2.05) is 19.1 Å². The lowest BCUT2D eigenvalue weighted by Crippen LogP contribution is -2.43. The van der Waals surface area contributed by atoms with Crippen molar-refractivity contribution in [1.82, 2.24) is 5.32 Å². The maximum absolute atomic E-state index is 12.1. The van der Waals surface area contributed by atoms with Crippen LogP contribution >= 0.6 is 0 Å². The van der Waals surface area contributed by atoms with Gasteiger partial charge in [-0.2, -0.15) is 0 Å². The Balaban J connectivity index is 2.09. The molecule has 1 heterocycles. The van der Waals surface area contributed by atoms with E-state index < -0.39 is 12.0 Å². The van der Waals surface area contributed by atoms with E-state index in [9.17, 15) is 9.59 Å². The largest absolute Gasteiger partial charge is 0.467 e. The second-order valence-corrected chi connectivity index (χ2v) is 4.63. The van der Waals surface area contributed by atoms with Crippen LogP contribution in [0, 0.1) is 6.92 Å². The summed E-state index contributed by atoms with van der Waals surface area (Å²) in [7, 11) is 1.29. The number of nitrogens with one attached hydrogen (secondary N) is 1. The highest BCUT2D eigenvalue weighted by Gasteiger charge is 2.23. The number of esters is 1. The molecule has 0 fully saturated rings. The van der Waals surface area contributed by atoms with Crippen molar-refractivity contribution >= 4 is 11.9 Å². The molecule has 5 nitrogen and oxygen atoms in total. The van der Waals surface area contributed by atoms with Crippen LogP contribution in [0.25, 0.3) is 0 Å². The van der Waals surface area contributed by atoms with Gasteiger partial charge in [0.25, 0.3) is 5.91 Å². The molecule has 1 atom stereocenters. The van der Waals surface area contributed by atoms with Crippen molar-refractivity contribution in [3.8, 4) is 0 Å². The number of hydrogen-bond acceptors (Lipinski definition) is 4. The molecule has 0 aliphatic heterocycles. The van der Waals surface area contributed by atoms with Crippen molar-refractivity contribution < 1.29 is 18.7 Å². The lowest BCUT2D eigenvalue weighted by molar-refractivity contribution is -0.142. The van der Waals surface area contributed by atoms with E-state index >= 15 is 0 Å². The molecule has 1 unspecified atom stereocenters. The summed E-state index contributed by atoms with van der Waals surface area (Å²) in [6.07, 6.45) is 0.249. The van der Waals surface area contributed by atoms with Gasteiger partial charge in [0.2, 0.25) is 0 Å². The van der Waals surface area contributed by atoms with Gasteiger partial charge in [-0.05, 0) is 31.2 Å². The van der Waals surface area contributed by atoms with Gasteiger partial charge in [-0.1, -0.05) is 18.2 Å². The zero-order valence-electron chi connectivity index (χ0n) is 12.0. The average Bonchev–Trinajstić information content (AvgIpc) is 2.91. The molecule has 0 saturated heterocycles. The van der Waals surface area contributed by atoms with Crippen molar-refractivity contribution in [2.45, 2.75) is 19.4 Å². The molecule has 1 amide bonds. The summed E-state index contributed by atoms with van der Waals surface area (Å²) in [6, 6.07) is 11.5. The van der Waals surface area contributed by atoms with E-state index in [1.54, 1.807) is 30.3 Å². The van der Waals surface area contributed by atoms with Crippen molar-refractivity contribution in [3.63, 3.8) is 0 Å². The van der Waals surface area contributed by atoms with E-state index in [1.165, 1.54) is 7.11 Å². The minimum atomic E-state index is -0.784. The summed E-state index contributed by atoms with van der Waals surface area (Å²) < 4.78 is 10.2. The number of rotatable bonds is 5. The molecule has 0 saturated carbocycles. The molecule has 21 heavy (non-hydrogen) atoms. The van der Waals surface area contributed by atoms with Gasteiger partial charge in [0, 0.05) is 12.0 Å². The Labute approximate surface area is 122 Å². The Morgan fingerprint density at radius 3 is 2.48 bits per heavy atom. The smallest absolute Gasteiger partial charge is 0.328 e. The molecule has 2 rings (SSSR count). The highest BCUT2D eigenvalue weighted by molar-refractivity contribution is 5.96. The molecular weight excluding hydrogens is 270 g/mol. The van der Waals surface area contributed by atoms with Crippen LogP contribution in [0.15, 0.2) is 46.9 Å². The topological polar surface area (TPSA) is 68.5 Å². The number of methoxy groups -OCH3 is 1. The molecule has 1 aromatic heterocycles. The van der Waals surface area contributed by atoms with Crippen LogP contribution in [-0.4, -0.2) is 25.0 Å². The van der Waals surface area contributed by atoms with Gasteiger partial charge in [-0.3, -0.25) is 4.79 Å². The number of carbonyl (C=O) groups excluding carboxylic acids is 2. The molecule has 110 valence electrons. The van der Waals surface area contributed by atoms with Crippen molar-refractivity contribution in [2.24, 2.45) is 0 Å². The molecule has 1 N–H and O–H groups in total. The minimum absolute atomic E-state index is 0.249. The predicted octanol–water partition coefficient (Wildman–Crippen LogP) is 2.10. The Bertz CT molecular complexity index is 618. The first-order valence-corrected chi connectivity index (χ1v) is 6.59. The fraction of sp³-hybridized carbons (Fsp3) is 0.250. The van der Waals surface area contributed by atoms with Crippen molar-refractivity contribution in [1.29, 1.82) is 0 Å². The van der Waals surface area contributed by atoms with E-state index in [0.29, 0.717) is 11.3 Å². The zero-order chi connectivity index (χ0) is 15.2. The van der Waals surface area contributed by atoms with Gasteiger partial charge < -0.3 is 14.5 Å². The highest BCUT2D eigenvalue weighted by Crippen LogP contribution is 2.10. The number of ether oxygens (including phenoxy) is 1. The summed E-state index contributed by atoms with van der Waals surface area (Å²) in [5.41, 5.74) is 0.488. The van der Waals surface area contributed by atoms with E-state index in [4.69, 9.17) is 9.15 Å². The van der Waals surface area contributed by atoms with E-state index in [-0.39, 0.29) is 12.3 Å². The maximum Gasteiger partial charge on any atom is 0.328 e. The zero-order valence-corrected chi connectivity index (χ0v) is 12.0. The molecule has 2 aromatic rings. The monoisotopic (exact) mass is 287 g/mol. The van der Waals surface area contributed by atoms with Crippen LogP contribution in [0.4, 0.5) is 0 Å². The second kappa shape index (κ2) is 6.74. The summed E-state index contributed by atoms with van der Waals surface area (Å²) in [5, 5.41) is 2.67. The summed E-state index contributed by atoms with van der Waals surface area (Å²) in [4.78, 5) is 23.9. The van der Waals surface area contributed by atoms with E-state index in [2.05, 4.69) is 5.32 Å². The number of furan rings is 1. The molecule has 1 aromatic carbocycles. The Morgan fingerprint density at radius 2 is 1.90 bits per heavy atom. The lowest BCUT2D eigenvalue weighted by Gasteiger charge is -2.15. The first-order valence-electron chi connectivity index (χ1n) is 6.59. The third-order valence-electron chi connectivity index (χ3n) is 3.03. The fourth-order valence-electron chi connectivity index (χ4n) is 1.96. The fourth-order valence-corrected chi connectivity index (χ4v) is 1.96. The van der Waals surface area contributed by atoms with Crippen LogP contribution in [0.5, 0.6) is 0 Å². The number of carbonyl (C=O) groups is 2. The normalized spacial score (nSPS) is 11.7. The Morgan fingerprint density at radius 1 is 1.19 bits per heavy atom. The van der Waals surface area contributed by atoms with E-state index in [0.717, 1.165) is 5.76 Å². The standard InChI is InChI=1S/C16H17NO4/c1-11-8-9-13(21-11)10-14(16(19)20-2)17-15(18)12-6-4-3-5-7-12/h3-9,14H,10H2,1-2H3,(H,17,18). The number of aryl methyl sites for hydroxylation is 1. The summed E-state index contributed by atoms with van der Waals surface area (Å²) in [5.74, 6) is 0.543.